The highest BCUT2D eigenvalue weighted by molar-refractivity contribution is 7.99. The second-order valence-electron chi connectivity index (χ2n) is 4.27. The molecule has 0 spiro atoms. The van der Waals surface area contributed by atoms with Crippen LogP contribution < -0.4 is 5.32 Å². The van der Waals surface area contributed by atoms with E-state index in [-0.39, 0.29) is 31.2 Å². The molecule has 5 nitrogen and oxygen atoms in total. The van der Waals surface area contributed by atoms with E-state index in [1.165, 1.54) is 28.8 Å². The number of piperazine rings is 1. The van der Waals surface area contributed by atoms with Crippen LogP contribution >= 0.6 is 11.8 Å². The minimum atomic E-state index is -0.458. The van der Waals surface area contributed by atoms with Crippen molar-refractivity contribution in [2.75, 3.05) is 18.8 Å². The Morgan fingerprint density at radius 3 is 2.40 bits per heavy atom. The number of nitrogens with one attached hydrogen (secondary N) is 1. The summed E-state index contributed by atoms with van der Waals surface area (Å²) in [6.45, 7) is -0.155. The Balaban J connectivity index is 1.78. The summed E-state index contributed by atoms with van der Waals surface area (Å²) < 4.78 is 12.7. The fourth-order valence-electron chi connectivity index (χ4n) is 1.76. The molecule has 1 aromatic rings. The molecule has 0 aliphatic carbocycles. The van der Waals surface area contributed by atoms with Gasteiger partial charge in [0.15, 0.2) is 0 Å². The van der Waals surface area contributed by atoms with Crippen LogP contribution in [0.25, 0.3) is 0 Å². The van der Waals surface area contributed by atoms with Gasteiger partial charge in [-0.3, -0.25) is 19.7 Å². The lowest BCUT2D eigenvalue weighted by molar-refractivity contribution is -0.145. The number of halogens is 1. The Hall–Kier alpha value is -1.89. The van der Waals surface area contributed by atoms with Gasteiger partial charge in [-0.05, 0) is 24.3 Å². The number of rotatable bonds is 4. The molecule has 106 valence electrons. The van der Waals surface area contributed by atoms with Crippen LogP contribution in [0, 0.1) is 5.82 Å². The highest BCUT2D eigenvalue weighted by Gasteiger charge is 2.25. The Kier molecular flexibility index (Phi) is 4.73. The molecule has 1 aliphatic rings. The van der Waals surface area contributed by atoms with E-state index in [2.05, 4.69) is 5.32 Å². The molecule has 0 atom stereocenters. The Labute approximate surface area is 119 Å². The number of amides is 3. The lowest BCUT2D eigenvalue weighted by Crippen LogP contribution is -2.53. The van der Waals surface area contributed by atoms with Gasteiger partial charge in [-0.1, -0.05) is 0 Å². The summed E-state index contributed by atoms with van der Waals surface area (Å²) >= 11 is 1.42. The summed E-state index contributed by atoms with van der Waals surface area (Å²) in [5.41, 5.74) is 0. The number of benzene rings is 1. The van der Waals surface area contributed by atoms with E-state index in [0.717, 1.165) is 4.90 Å². The molecule has 1 fully saturated rings. The number of carbonyl (C=O) groups is 3. The minimum Gasteiger partial charge on any atom is -0.324 e. The number of nitrogens with zero attached hydrogens (tertiary/aromatic N) is 1. The van der Waals surface area contributed by atoms with E-state index in [0.29, 0.717) is 5.75 Å². The second-order valence-corrected chi connectivity index (χ2v) is 5.44. The third-order valence-corrected chi connectivity index (χ3v) is 3.71. The average Bonchev–Trinajstić information content (AvgIpc) is 2.40. The number of carbonyl (C=O) groups excluding carboxylic acids is 3. The second kappa shape index (κ2) is 6.51. The maximum Gasteiger partial charge on any atom is 0.246 e. The standard InChI is InChI=1S/C13H13FN2O3S/c14-9-1-3-10(4-2-9)20-6-5-13(19)16-7-11(17)15-12(18)8-16/h1-4H,5-8H2,(H,15,17,18). The smallest absolute Gasteiger partial charge is 0.246 e. The van der Waals surface area contributed by atoms with Crippen molar-refractivity contribution in [3.63, 3.8) is 0 Å². The van der Waals surface area contributed by atoms with E-state index in [1.807, 2.05) is 0 Å². The highest BCUT2D eigenvalue weighted by atomic mass is 32.2. The van der Waals surface area contributed by atoms with Crippen LogP contribution in [0.2, 0.25) is 0 Å². The molecule has 0 radical (unpaired) electrons. The number of thioether (sulfide) groups is 1. The topological polar surface area (TPSA) is 66.5 Å². The van der Waals surface area contributed by atoms with Gasteiger partial charge in [0.25, 0.3) is 0 Å². The van der Waals surface area contributed by atoms with Gasteiger partial charge in [-0.2, -0.15) is 0 Å². The number of imide groups is 1. The molecule has 0 unspecified atom stereocenters. The summed E-state index contributed by atoms with van der Waals surface area (Å²) in [5.74, 6) is -0.941. The largest absolute Gasteiger partial charge is 0.324 e. The van der Waals surface area contributed by atoms with E-state index in [1.54, 1.807) is 12.1 Å². The van der Waals surface area contributed by atoms with Gasteiger partial charge in [0.2, 0.25) is 17.7 Å². The molecule has 1 N–H and O–H groups in total. The van der Waals surface area contributed by atoms with Crippen molar-refractivity contribution >= 4 is 29.5 Å². The molecule has 1 aliphatic heterocycles. The summed E-state index contributed by atoms with van der Waals surface area (Å²) in [6, 6.07) is 6.00. The molecule has 1 heterocycles. The fourth-order valence-corrected chi connectivity index (χ4v) is 2.60. The Morgan fingerprint density at radius 2 is 1.80 bits per heavy atom. The van der Waals surface area contributed by atoms with Gasteiger partial charge in [-0.15, -0.1) is 11.8 Å². The lowest BCUT2D eigenvalue weighted by atomic mass is 10.3. The number of hydrogen-bond donors (Lipinski definition) is 1. The van der Waals surface area contributed by atoms with Gasteiger partial charge in [0.05, 0.1) is 0 Å². The van der Waals surface area contributed by atoms with E-state index in [4.69, 9.17) is 0 Å². The zero-order valence-corrected chi connectivity index (χ0v) is 11.4. The first kappa shape index (κ1) is 14.5. The summed E-state index contributed by atoms with van der Waals surface area (Å²) in [7, 11) is 0. The van der Waals surface area contributed by atoms with Crippen molar-refractivity contribution in [3.05, 3.63) is 30.1 Å². The summed E-state index contributed by atoms with van der Waals surface area (Å²) in [6.07, 6.45) is 0.225. The van der Waals surface area contributed by atoms with Crippen molar-refractivity contribution < 1.29 is 18.8 Å². The van der Waals surface area contributed by atoms with Gasteiger partial charge >= 0.3 is 0 Å². The van der Waals surface area contributed by atoms with Crippen molar-refractivity contribution in [1.82, 2.24) is 10.2 Å². The third kappa shape index (κ3) is 4.06. The first-order valence-corrected chi connectivity index (χ1v) is 7.02. The minimum absolute atomic E-state index is 0.0776. The monoisotopic (exact) mass is 296 g/mol. The van der Waals surface area contributed by atoms with E-state index in [9.17, 15) is 18.8 Å². The molecule has 2 rings (SSSR count). The quantitative estimate of drug-likeness (QED) is 0.659. The third-order valence-electron chi connectivity index (χ3n) is 2.70. The van der Waals surface area contributed by atoms with Crippen LogP contribution in [0.5, 0.6) is 0 Å². The summed E-state index contributed by atoms with van der Waals surface area (Å²) in [5, 5.41) is 2.14. The lowest BCUT2D eigenvalue weighted by Gasteiger charge is -2.25. The normalized spacial score (nSPS) is 15.2. The Morgan fingerprint density at radius 1 is 1.20 bits per heavy atom. The van der Waals surface area contributed by atoms with Gasteiger partial charge < -0.3 is 4.90 Å². The first-order chi connectivity index (χ1) is 9.54. The van der Waals surface area contributed by atoms with Gasteiger partial charge in [-0.25, -0.2) is 4.39 Å². The molecular formula is C13H13FN2O3S. The SMILES string of the molecule is O=C1CN(C(=O)CCSc2ccc(F)cc2)CC(=O)N1. The van der Waals surface area contributed by atoms with Crippen LogP contribution in [0.1, 0.15) is 6.42 Å². The molecule has 3 amide bonds. The summed E-state index contributed by atoms with van der Waals surface area (Å²) in [4.78, 5) is 36.3. The molecule has 0 bridgehead atoms. The van der Waals surface area contributed by atoms with E-state index < -0.39 is 11.8 Å². The average molecular weight is 296 g/mol. The van der Waals surface area contributed by atoms with Crippen LogP contribution in [0.15, 0.2) is 29.2 Å². The van der Waals surface area contributed by atoms with Crippen molar-refractivity contribution in [2.24, 2.45) is 0 Å². The molecule has 0 saturated carbocycles. The van der Waals surface area contributed by atoms with Crippen molar-refractivity contribution in [1.29, 1.82) is 0 Å². The van der Waals surface area contributed by atoms with Gasteiger partial charge in [0, 0.05) is 17.1 Å². The van der Waals surface area contributed by atoms with Crippen molar-refractivity contribution in [3.8, 4) is 0 Å². The Bertz CT molecular complexity index is 517. The molecule has 1 saturated heterocycles. The molecule has 0 aromatic heterocycles. The predicted octanol–water partition coefficient (Wildman–Crippen LogP) is 0.793. The van der Waals surface area contributed by atoms with Crippen LogP contribution in [-0.4, -0.2) is 41.5 Å². The highest BCUT2D eigenvalue weighted by Crippen LogP contribution is 2.19. The van der Waals surface area contributed by atoms with Crippen molar-refractivity contribution in [2.45, 2.75) is 11.3 Å². The maximum atomic E-state index is 12.7. The molecule has 7 heteroatoms. The zero-order chi connectivity index (χ0) is 14.5. The fraction of sp³-hybridized carbons (Fsp3) is 0.308. The maximum absolute atomic E-state index is 12.7. The molecule has 20 heavy (non-hydrogen) atoms. The van der Waals surface area contributed by atoms with Gasteiger partial charge in [0.1, 0.15) is 18.9 Å². The predicted molar refractivity (Wildman–Crippen MR) is 71.5 cm³/mol. The zero-order valence-electron chi connectivity index (χ0n) is 10.6. The number of hydrogen-bond acceptors (Lipinski definition) is 4. The molecular weight excluding hydrogens is 283 g/mol. The van der Waals surface area contributed by atoms with E-state index >= 15 is 0 Å². The first-order valence-electron chi connectivity index (χ1n) is 6.03. The van der Waals surface area contributed by atoms with Crippen LogP contribution in [-0.2, 0) is 14.4 Å². The molecule has 1 aromatic carbocycles. The van der Waals surface area contributed by atoms with Crippen LogP contribution in [0.3, 0.4) is 0 Å². The van der Waals surface area contributed by atoms with Crippen LogP contribution in [0.4, 0.5) is 4.39 Å².